The number of carbonyl (C=O) groups is 1. The minimum Gasteiger partial charge on any atom is -0.381 e. The van der Waals surface area contributed by atoms with Crippen molar-refractivity contribution in [3.8, 4) is 0 Å². The maximum atomic E-state index is 10.3. The van der Waals surface area contributed by atoms with Crippen LogP contribution in [0.5, 0.6) is 0 Å². The van der Waals surface area contributed by atoms with Gasteiger partial charge in [-0.05, 0) is 44.7 Å². The normalized spacial score (nSPS) is 23.6. The van der Waals surface area contributed by atoms with Crippen molar-refractivity contribution in [1.82, 2.24) is 9.80 Å². The molecule has 2 aliphatic rings. The maximum absolute atomic E-state index is 10.3. The monoisotopic (exact) mass is 268 g/mol. The van der Waals surface area contributed by atoms with Gasteiger partial charge in [0, 0.05) is 45.8 Å². The van der Waals surface area contributed by atoms with Gasteiger partial charge in [0.2, 0.25) is 0 Å². The highest BCUT2D eigenvalue weighted by molar-refractivity contribution is 5.48. The molecule has 0 unspecified atom stereocenters. The van der Waals surface area contributed by atoms with Gasteiger partial charge in [-0.1, -0.05) is 0 Å². The standard InChI is InChI=1S/C15H28N2O2/c18-12-2-1-6-16-8-10-17(11-9-16)7-3-15-4-13-19-14-5-15/h12,15H,1-11,13-14H2. The van der Waals surface area contributed by atoms with Crippen molar-refractivity contribution in [3.05, 3.63) is 0 Å². The van der Waals surface area contributed by atoms with E-state index in [9.17, 15) is 4.79 Å². The smallest absolute Gasteiger partial charge is 0.120 e. The van der Waals surface area contributed by atoms with Crippen LogP contribution < -0.4 is 0 Å². The predicted octanol–water partition coefficient (Wildman–Crippen LogP) is 1.40. The summed E-state index contributed by atoms with van der Waals surface area (Å²) in [7, 11) is 0. The molecular weight excluding hydrogens is 240 g/mol. The molecule has 19 heavy (non-hydrogen) atoms. The molecule has 4 nitrogen and oxygen atoms in total. The highest BCUT2D eigenvalue weighted by atomic mass is 16.5. The molecular formula is C15H28N2O2. The van der Waals surface area contributed by atoms with E-state index in [-0.39, 0.29) is 0 Å². The van der Waals surface area contributed by atoms with Crippen LogP contribution in [0.4, 0.5) is 0 Å². The SMILES string of the molecule is O=CCCCN1CCN(CCC2CCOCC2)CC1. The molecule has 4 heteroatoms. The summed E-state index contributed by atoms with van der Waals surface area (Å²) >= 11 is 0. The summed E-state index contributed by atoms with van der Waals surface area (Å²) in [6.07, 6.45) is 6.62. The number of piperazine rings is 1. The zero-order chi connectivity index (χ0) is 13.3. The largest absolute Gasteiger partial charge is 0.381 e. The van der Waals surface area contributed by atoms with Gasteiger partial charge in [-0.25, -0.2) is 0 Å². The first-order valence-corrected chi connectivity index (χ1v) is 7.84. The molecule has 2 aliphatic heterocycles. The van der Waals surface area contributed by atoms with Crippen LogP contribution in [-0.2, 0) is 9.53 Å². The van der Waals surface area contributed by atoms with Crippen molar-refractivity contribution in [2.75, 3.05) is 52.5 Å². The van der Waals surface area contributed by atoms with Gasteiger partial charge >= 0.3 is 0 Å². The number of hydrogen-bond acceptors (Lipinski definition) is 4. The Kier molecular flexibility index (Phi) is 6.82. The molecule has 0 bridgehead atoms. The van der Waals surface area contributed by atoms with Crippen LogP contribution in [-0.4, -0.2) is 68.6 Å². The molecule has 0 aromatic heterocycles. The van der Waals surface area contributed by atoms with Gasteiger partial charge in [-0.15, -0.1) is 0 Å². The quantitative estimate of drug-likeness (QED) is 0.516. The third-order valence-electron chi connectivity index (χ3n) is 4.46. The van der Waals surface area contributed by atoms with Crippen LogP contribution in [0.15, 0.2) is 0 Å². The van der Waals surface area contributed by atoms with E-state index in [1.54, 1.807) is 0 Å². The summed E-state index contributed by atoms with van der Waals surface area (Å²) in [6, 6.07) is 0. The van der Waals surface area contributed by atoms with Crippen LogP contribution in [0.3, 0.4) is 0 Å². The number of carbonyl (C=O) groups excluding carboxylic acids is 1. The first-order valence-electron chi connectivity index (χ1n) is 7.84. The maximum Gasteiger partial charge on any atom is 0.120 e. The van der Waals surface area contributed by atoms with Crippen molar-refractivity contribution in [2.24, 2.45) is 5.92 Å². The van der Waals surface area contributed by atoms with E-state index < -0.39 is 0 Å². The van der Waals surface area contributed by atoms with E-state index in [2.05, 4.69) is 9.80 Å². The second-order valence-electron chi connectivity index (χ2n) is 5.84. The molecule has 0 saturated carbocycles. The van der Waals surface area contributed by atoms with Gasteiger partial charge < -0.3 is 19.3 Å². The Balaban J connectivity index is 1.54. The summed E-state index contributed by atoms with van der Waals surface area (Å²) in [4.78, 5) is 15.4. The summed E-state index contributed by atoms with van der Waals surface area (Å²) in [5.74, 6) is 0.888. The Morgan fingerprint density at radius 3 is 2.26 bits per heavy atom. The lowest BCUT2D eigenvalue weighted by atomic mass is 9.96. The highest BCUT2D eigenvalue weighted by Gasteiger charge is 2.19. The average Bonchev–Trinajstić information content (AvgIpc) is 2.48. The van der Waals surface area contributed by atoms with Crippen LogP contribution in [0.25, 0.3) is 0 Å². The third-order valence-corrected chi connectivity index (χ3v) is 4.46. The lowest BCUT2D eigenvalue weighted by molar-refractivity contribution is -0.108. The van der Waals surface area contributed by atoms with Crippen LogP contribution in [0.1, 0.15) is 32.1 Å². The zero-order valence-corrected chi connectivity index (χ0v) is 12.1. The molecule has 0 amide bonds. The fraction of sp³-hybridized carbons (Fsp3) is 0.933. The van der Waals surface area contributed by atoms with E-state index in [0.717, 1.165) is 38.4 Å². The fourth-order valence-electron chi connectivity index (χ4n) is 3.03. The Bertz CT molecular complexity index is 247. The molecule has 0 radical (unpaired) electrons. The lowest BCUT2D eigenvalue weighted by Gasteiger charge is -2.35. The molecule has 0 N–H and O–H groups in total. The van der Waals surface area contributed by atoms with Gasteiger partial charge in [-0.3, -0.25) is 0 Å². The Morgan fingerprint density at radius 2 is 1.63 bits per heavy atom. The third kappa shape index (κ3) is 5.59. The number of ether oxygens (including phenoxy) is 1. The second-order valence-corrected chi connectivity index (χ2v) is 5.84. The first-order chi connectivity index (χ1) is 9.38. The summed E-state index contributed by atoms with van der Waals surface area (Å²) in [6.45, 7) is 9.03. The molecule has 2 rings (SSSR count). The molecule has 2 heterocycles. The number of aldehydes is 1. The Hall–Kier alpha value is -0.450. The van der Waals surface area contributed by atoms with Crippen molar-refractivity contribution in [1.29, 1.82) is 0 Å². The van der Waals surface area contributed by atoms with E-state index in [0.29, 0.717) is 6.42 Å². The number of nitrogens with zero attached hydrogens (tertiary/aromatic N) is 2. The van der Waals surface area contributed by atoms with E-state index in [4.69, 9.17) is 4.74 Å². The molecule has 2 fully saturated rings. The van der Waals surface area contributed by atoms with Gasteiger partial charge in [-0.2, -0.15) is 0 Å². The average molecular weight is 268 g/mol. The van der Waals surface area contributed by atoms with Gasteiger partial charge in [0.15, 0.2) is 0 Å². The molecule has 110 valence electrons. The number of rotatable bonds is 7. The van der Waals surface area contributed by atoms with Crippen LogP contribution in [0.2, 0.25) is 0 Å². The molecule has 0 spiro atoms. The molecule has 0 atom stereocenters. The Labute approximate surface area is 117 Å². The fourth-order valence-corrected chi connectivity index (χ4v) is 3.03. The predicted molar refractivity (Wildman–Crippen MR) is 76.3 cm³/mol. The van der Waals surface area contributed by atoms with Crippen molar-refractivity contribution in [2.45, 2.75) is 32.1 Å². The topological polar surface area (TPSA) is 32.8 Å². The first kappa shape index (κ1) is 14.9. The van der Waals surface area contributed by atoms with Crippen molar-refractivity contribution < 1.29 is 9.53 Å². The van der Waals surface area contributed by atoms with Crippen molar-refractivity contribution >= 4 is 6.29 Å². The minimum atomic E-state index is 0.712. The highest BCUT2D eigenvalue weighted by Crippen LogP contribution is 2.19. The summed E-state index contributed by atoms with van der Waals surface area (Å²) in [5.41, 5.74) is 0. The van der Waals surface area contributed by atoms with Crippen molar-refractivity contribution in [3.63, 3.8) is 0 Å². The molecule has 0 aromatic rings. The van der Waals surface area contributed by atoms with Crippen LogP contribution in [0, 0.1) is 5.92 Å². The second kappa shape index (κ2) is 8.67. The summed E-state index contributed by atoms with van der Waals surface area (Å²) < 4.78 is 5.41. The van der Waals surface area contributed by atoms with Gasteiger partial charge in [0.1, 0.15) is 6.29 Å². The lowest BCUT2D eigenvalue weighted by Crippen LogP contribution is -2.47. The zero-order valence-electron chi connectivity index (χ0n) is 12.1. The van der Waals surface area contributed by atoms with Gasteiger partial charge in [0.05, 0.1) is 0 Å². The minimum absolute atomic E-state index is 0.712. The van der Waals surface area contributed by atoms with Crippen LogP contribution >= 0.6 is 0 Å². The molecule has 2 saturated heterocycles. The Morgan fingerprint density at radius 1 is 1.00 bits per heavy atom. The van der Waals surface area contributed by atoms with E-state index in [1.807, 2.05) is 0 Å². The van der Waals surface area contributed by atoms with E-state index >= 15 is 0 Å². The molecule has 0 aromatic carbocycles. The number of unbranched alkanes of at least 4 members (excludes halogenated alkanes) is 1. The summed E-state index contributed by atoms with van der Waals surface area (Å²) in [5, 5.41) is 0. The van der Waals surface area contributed by atoms with E-state index in [1.165, 1.54) is 52.0 Å². The number of hydrogen-bond donors (Lipinski definition) is 0. The molecule has 0 aliphatic carbocycles. The van der Waals surface area contributed by atoms with Gasteiger partial charge in [0.25, 0.3) is 0 Å².